The molecule has 0 fully saturated rings. The fourth-order valence-corrected chi connectivity index (χ4v) is 3.29. The first-order chi connectivity index (χ1) is 12.7. The molecule has 2 amide bonds. The Morgan fingerprint density at radius 3 is 2.56 bits per heavy atom. The third-order valence-electron chi connectivity index (χ3n) is 3.69. The van der Waals surface area contributed by atoms with E-state index in [2.05, 4.69) is 26.6 Å². The second-order valence-corrected chi connectivity index (χ2v) is 7.38. The molecule has 0 aromatic heterocycles. The number of rotatable bonds is 6. The van der Waals surface area contributed by atoms with Crippen LogP contribution in [0.5, 0.6) is 0 Å². The molecule has 0 spiro atoms. The average molecular weight is 480 g/mol. The van der Waals surface area contributed by atoms with Crippen molar-refractivity contribution in [3.8, 4) is 0 Å². The molecule has 0 heterocycles. The highest BCUT2D eigenvalue weighted by atomic mass is 79.9. The average Bonchev–Trinajstić information content (AvgIpc) is 2.59. The minimum absolute atomic E-state index is 0.0172. The number of amides is 2. The summed E-state index contributed by atoms with van der Waals surface area (Å²) >= 11 is 14.8. The van der Waals surface area contributed by atoms with Gasteiger partial charge in [0.25, 0.3) is 5.91 Å². The van der Waals surface area contributed by atoms with Gasteiger partial charge in [-0.15, -0.1) is 0 Å². The van der Waals surface area contributed by atoms with Gasteiger partial charge < -0.3 is 10.6 Å². The number of nitrogens with one attached hydrogen (secondary N) is 2. The number of benzene rings is 2. The van der Waals surface area contributed by atoms with Crippen molar-refractivity contribution in [1.29, 1.82) is 0 Å². The van der Waals surface area contributed by atoms with E-state index in [-0.39, 0.29) is 34.5 Å². The first-order valence-electron chi connectivity index (χ1n) is 7.86. The van der Waals surface area contributed by atoms with Crippen LogP contribution in [0, 0.1) is 11.6 Å². The molecule has 2 N–H and O–H groups in total. The van der Waals surface area contributed by atoms with Gasteiger partial charge >= 0.3 is 0 Å². The lowest BCUT2D eigenvalue weighted by Gasteiger charge is -2.16. The number of carbonyl (C=O) groups is 2. The van der Waals surface area contributed by atoms with Gasteiger partial charge in [0, 0.05) is 22.5 Å². The van der Waals surface area contributed by atoms with Gasteiger partial charge in [-0.3, -0.25) is 9.59 Å². The Morgan fingerprint density at radius 1 is 1.15 bits per heavy atom. The largest absolute Gasteiger partial charge is 0.351 e. The van der Waals surface area contributed by atoms with Gasteiger partial charge in [0.1, 0.15) is 11.6 Å². The second-order valence-electron chi connectivity index (χ2n) is 5.71. The van der Waals surface area contributed by atoms with Crippen molar-refractivity contribution >= 4 is 50.9 Å². The van der Waals surface area contributed by atoms with Crippen molar-refractivity contribution in [2.45, 2.75) is 19.4 Å². The van der Waals surface area contributed by atoms with E-state index in [0.717, 1.165) is 6.07 Å². The van der Waals surface area contributed by atoms with Crippen LogP contribution in [0.1, 0.15) is 35.3 Å². The van der Waals surface area contributed by atoms with E-state index in [9.17, 15) is 18.4 Å². The zero-order valence-corrected chi connectivity index (χ0v) is 17.2. The lowest BCUT2D eigenvalue weighted by atomic mass is 10.1. The first kappa shape index (κ1) is 21.6. The molecule has 144 valence electrons. The Morgan fingerprint density at radius 2 is 1.85 bits per heavy atom. The van der Waals surface area contributed by atoms with Crippen molar-refractivity contribution in [2.24, 2.45) is 0 Å². The molecular formula is C18H15BrCl2F2N2O2. The molecule has 4 nitrogen and oxygen atoms in total. The summed E-state index contributed by atoms with van der Waals surface area (Å²) in [6, 6.07) is 5.63. The van der Waals surface area contributed by atoms with E-state index in [0.29, 0.717) is 10.0 Å². The van der Waals surface area contributed by atoms with Crippen molar-refractivity contribution in [1.82, 2.24) is 10.6 Å². The smallest absolute Gasteiger partial charge is 0.252 e. The Balaban J connectivity index is 1.88. The highest BCUT2D eigenvalue weighted by Gasteiger charge is 2.16. The summed E-state index contributed by atoms with van der Waals surface area (Å²) in [5.74, 6) is -2.05. The summed E-state index contributed by atoms with van der Waals surface area (Å²) in [6.07, 6.45) is -0.0172. The van der Waals surface area contributed by atoms with Gasteiger partial charge in [0.05, 0.1) is 16.6 Å². The molecule has 0 aliphatic heterocycles. The third-order valence-corrected chi connectivity index (χ3v) is 5.00. The summed E-state index contributed by atoms with van der Waals surface area (Å²) in [7, 11) is 0. The van der Waals surface area contributed by atoms with Gasteiger partial charge in [-0.1, -0.05) is 23.2 Å². The summed E-state index contributed by atoms with van der Waals surface area (Å²) in [5, 5.41) is 5.33. The minimum atomic E-state index is -0.634. The van der Waals surface area contributed by atoms with E-state index < -0.39 is 23.6 Å². The van der Waals surface area contributed by atoms with Crippen LogP contribution in [0.25, 0.3) is 0 Å². The molecule has 2 aromatic carbocycles. The zero-order valence-electron chi connectivity index (χ0n) is 14.1. The monoisotopic (exact) mass is 478 g/mol. The maximum Gasteiger partial charge on any atom is 0.252 e. The predicted octanol–water partition coefficient (Wildman–Crippen LogP) is 5.03. The fraction of sp³-hybridized carbons (Fsp3) is 0.222. The SMILES string of the molecule is CC(NC(=O)CCNC(=O)c1cc(F)ccc1Br)c1cc(F)c(Cl)cc1Cl. The Kier molecular flexibility index (Phi) is 7.59. The van der Waals surface area contributed by atoms with Crippen LogP contribution >= 0.6 is 39.1 Å². The topological polar surface area (TPSA) is 58.2 Å². The van der Waals surface area contributed by atoms with Crippen molar-refractivity contribution in [3.63, 3.8) is 0 Å². The van der Waals surface area contributed by atoms with Crippen LogP contribution in [0.2, 0.25) is 10.0 Å². The molecule has 1 atom stereocenters. The van der Waals surface area contributed by atoms with E-state index in [1.165, 1.54) is 24.3 Å². The quantitative estimate of drug-likeness (QED) is 0.571. The lowest BCUT2D eigenvalue weighted by molar-refractivity contribution is -0.121. The first-order valence-corrected chi connectivity index (χ1v) is 9.41. The molecule has 0 saturated heterocycles. The summed E-state index contributed by atoms with van der Waals surface area (Å²) in [5.41, 5.74) is 0.520. The summed E-state index contributed by atoms with van der Waals surface area (Å²) < 4.78 is 27.3. The van der Waals surface area contributed by atoms with Crippen LogP contribution in [-0.4, -0.2) is 18.4 Å². The van der Waals surface area contributed by atoms with Gasteiger partial charge in [-0.25, -0.2) is 8.78 Å². The van der Waals surface area contributed by atoms with Gasteiger partial charge in [-0.05, 0) is 58.7 Å². The standard InChI is InChI=1S/C18H15BrCl2F2N2O2/c1-9(11-7-16(23)15(21)8-14(11)20)25-17(26)4-5-24-18(27)12-6-10(22)2-3-13(12)19/h2-3,6-9H,4-5H2,1H3,(H,24,27)(H,25,26). The molecule has 0 saturated carbocycles. The number of hydrogen-bond acceptors (Lipinski definition) is 2. The normalized spacial score (nSPS) is 11.8. The van der Waals surface area contributed by atoms with Crippen LogP contribution in [-0.2, 0) is 4.79 Å². The van der Waals surface area contributed by atoms with Crippen molar-refractivity contribution in [3.05, 3.63) is 67.6 Å². The summed E-state index contributed by atoms with van der Waals surface area (Å²) in [4.78, 5) is 24.1. The molecule has 2 rings (SSSR count). The molecular weight excluding hydrogens is 465 g/mol. The molecule has 9 heteroatoms. The summed E-state index contributed by atoms with van der Waals surface area (Å²) in [6.45, 7) is 1.69. The molecule has 0 aliphatic rings. The predicted molar refractivity (Wildman–Crippen MR) is 104 cm³/mol. The van der Waals surface area contributed by atoms with Gasteiger partial charge in [0.15, 0.2) is 0 Å². The van der Waals surface area contributed by atoms with E-state index in [1.807, 2.05) is 0 Å². The minimum Gasteiger partial charge on any atom is -0.351 e. The molecule has 0 aliphatic carbocycles. The maximum absolute atomic E-state index is 13.6. The Hall–Kier alpha value is -1.70. The number of hydrogen-bond donors (Lipinski definition) is 2. The highest BCUT2D eigenvalue weighted by molar-refractivity contribution is 9.10. The molecule has 27 heavy (non-hydrogen) atoms. The van der Waals surface area contributed by atoms with Crippen LogP contribution in [0.4, 0.5) is 8.78 Å². The van der Waals surface area contributed by atoms with Gasteiger partial charge in [-0.2, -0.15) is 0 Å². The van der Waals surface area contributed by atoms with Crippen LogP contribution in [0.3, 0.4) is 0 Å². The van der Waals surface area contributed by atoms with Crippen molar-refractivity contribution < 1.29 is 18.4 Å². The van der Waals surface area contributed by atoms with E-state index in [1.54, 1.807) is 6.92 Å². The number of halogens is 5. The maximum atomic E-state index is 13.6. The van der Waals surface area contributed by atoms with Crippen molar-refractivity contribution in [2.75, 3.05) is 6.54 Å². The molecule has 2 aromatic rings. The Labute approximate surface area is 173 Å². The molecule has 0 bridgehead atoms. The van der Waals surface area contributed by atoms with Gasteiger partial charge in [0.2, 0.25) is 5.91 Å². The Bertz CT molecular complexity index is 881. The zero-order chi connectivity index (χ0) is 20.1. The fourth-order valence-electron chi connectivity index (χ4n) is 2.32. The van der Waals surface area contributed by atoms with E-state index in [4.69, 9.17) is 23.2 Å². The molecule has 0 radical (unpaired) electrons. The van der Waals surface area contributed by atoms with Crippen LogP contribution in [0.15, 0.2) is 34.8 Å². The molecule has 1 unspecified atom stereocenters. The number of carbonyl (C=O) groups excluding carboxylic acids is 2. The van der Waals surface area contributed by atoms with E-state index >= 15 is 0 Å². The lowest BCUT2D eigenvalue weighted by Crippen LogP contribution is -2.32. The highest BCUT2D eigenvalue weighted by Crippen LogP contribution is 2.28. The second kappa shape index (κ2) is 9.48. The third kappa shape index (κ3) is 5.89. The van der Waals surface area contributed by atoms with Crippen LogP contribution < -0.4 is 10.6 Å².